The van der Waals surface area contributed by atoms with Crippen molar-refractivity contribution in [1.29, 1.82) is 0 Å². The van der Waals surface area contributed by atoms with E-state index >= 15 is 0 Å². The number of β-amino-alcohol motifs (C(OH)–C–C–N with tert-alkyl or cyclic N) is 1. The zero-order chi connectivity index (χ0) is 18.4. The smallest absolute Gasteiger partial charge is 0.260 e. The Morgan fingerprint density at radius 2 is 2.12 bits per heavy atom. The summed E-state index contributed by atoms with van der Waals surface area (Å²) in [5.74, 6) is 1.12. The molecule has 3 heterocycles. The number of ether oxygens (including phenoxy) is 2. The minimum Gasteiger partial charge on any atom is -0.486 e. The Kier molecular flexibility index (Phi) is 4.13. The summed E-state index contributed by atoms with van der Waals surface area (Å²) in [7, 11) is -3.88. The number of nitrogens with zero attached hydrogens (tertiary/aromatic N) is 3. The average Bonchev–Trinajstić information content (AvgIpc) is 3.29. The van der Waals surface area contributed by atoms with E-state index in [9.17, 15) is 13.5 Å². The van der Waals surface area contributed by atoms with Gasteiger partial charge in [0.1, 0.15) is 18.1 Å². The van der Waals surface area contributed by atoms with E-state index in [1.807, 2.05) is 6.92 Å². The third kappa shape index (κ3) is 2.74. The summed E-state index contributed by atoms with van der Waals surface area (Å²) in [6.07, 6.45) is 0.735. The van der Waals surface area contributed by atoms with Crippen molar-refractivity contribution in [2.75, 3.05) is 26.3 Å². The Hall–Kier alpha value is -2.17. The van der Waals surface area contributed by atoms with Crippen LogP contribution in [0.15, 0.2) is 27.6 Å². The number of para-hydroxylation sites is 1. The molecule has 2 aromatic rings. The molecule has 1 aromatic carbocycles. The van der Waals surface area contributed by atoms with Gasteiger partial charge in [-0.05, 0) is 12.1 Å². The molecule has 1 aromatic heterocycles. The lowest BCUT2D eigenvalue weighted by Crippen LogP contribution is -2.35. The van der Waals surface area contributed by atoms with Crippen LogP contribution in [0.1, 0.15) is 25.1 Å². The van der Waals surface area contributed by atoms with Gasteiger partial charge in [-0.1, -0.05) is 18.1 Å². The molecule has 0 radical (unpaired) electrons. The molecule has 2 aliphatic heterocycles. The van der Waals surface area contributed by atoms with Gasteiger partial charge in [-0.15, -0.1) is 0 Å². The lowest BCUT2D eigenvalue weighted by Gasteiger charge is -2.24. The lowest BCUT2D eigenvalue weighted by molar-refractivity contribution is 0.0194. The van der Waals surface area contributed by atoms with Crippen LogP contribution in [0.3, 0.4) is 0 Å². The number of sulfonamides is 1. The monoisotopic (exact) mass is 381 g/mol. The molecule has 0 aliphatic carbocycles. The highest BCUT2D eigenvalue weighted by atomic mass is 32.2. The van der Waals surface area contributed by atoms with Crippen molar-refractivity contribution < 1.29 is 27.5 Å². The molecule has 0 amide bonds. The number of aryl methyl sites for hydroxylation is 1. The van der Waals surface area contributed by atoms with E-state index in [4.69, 9.17) is 14.0 Å². The van der Waals surface area contributed by atoms with Crippen LogP contribution >= 0.6 is 0 Å². The maximum Gasteiger partial charge on any atom is 0.260 e. The quantitative estimate of drug-likeness (QED) is 0.822. The zero-order valence-electron chi connectivity index (χ0n) is 14.2. The summed E-state index contributed by atoms with van der Waals surface area (Å²) in [5.41, 5.74) is -1.50. The number of rotatable bonds is 4. The molecule has 0 saturated carbocycles. The summed E-state index contributed by atoms with van der Waals surface area (Å²) in [4.78, 5) is 4.17. The zero-order valence-corrected chi connectivity index (χ0v) is 15.0. The predicted octanol–water partition coefficient (Wildman–Crippen LogP) is 0.685. The Bertz CT molecular complexity index is 928. The van der Waals surface area contributed by atoms with Gasteiger partial charge < -0.3 is 19.1 Å². The first-order valence-corrected chi connectivity index (χ1v) is 9.82. The fraction of sp³-hybridized carbons (Fsp3) is 0.500. The van der Waals surface area contributed by atoms with Gasteiger partial charge in [-0.2, -0.15) is 9.29 Å². The summed E-state index contributed by atoms with van der Waals surface area (Å²) in [6.45, 7) is 2.49. The van der Waals surface area contributed by atoms with E-state index in [1.54, 1.807) is 12.1 Å². The highest BCUT2D eigenvalue weighted by Gasteiger charge is 2.47. The second kappa shape index (κ2) is 6.22. The van der Waals surface area contributed by atoms with Crippen molar-refractivity contribution in [2.45, 2.75) is 30.3 Å². The molecule has 9 nitrogen and oxygen atoms in total. The second-order valence-corrected chi connectivity index (χ2v) is 8.18. The highest BCUT2D eigenvalue weighted by molar-refractivity contribution is 7.89. The SMILES string of the molecule is CCc1noc([C@]2(O)CCN(S(=O)(=O)c3cccc4c3OCCO4)C2)n1. The van der Waals surface area contributed by atoms with Gasteiger partial charge in [0, 0.05) is 19.4 Å². The molecule has 10 heteroatoms. The molecule has 1 saturated heterocycles. The van der Waals surface area contributed by atoms with Gasteiger partial charge in [-0.3, -0.25) is 0 Å². The third-order valence-corrected chi connectivity index (χ3v) is 6.41. The van der Waals surface area contributed by atoms with Crippen molar-refractivity contribution in [3.8, 4) is 11.5 Å². The van der Waals surface area contributed by atoms with Crippen LogP contribution in [0.4, 0.5) is 0 Å². The fourth-order valence-electron chi connectivity index (χ4n) is 3.12. The third-order valence-electron chi connectivity index (χ3n) is 4.54. The first-order valence-electron chi connectivity index (χ1n) is 8.38. The van der Waals surface area contributed by atoms with Gasteiger partial charge in [0.25, 0.3) is 5.89 Å². The van der Waals surface area contributed by atoms with E-state index in [1.165, 1.54) is 10.4 Å². The number of benzene rings is 1. The van der Waals surface area contributed by atoms with E-state index in [0.717, 1.165) is 0 Å². The van der Waals surface area contributed by atoms with Crippen LogP contribution in [0.2, 0.25) is 0 Å². The van der Waals surface area contributed by atoms with Crippen molar-refractivity contribution >= 4 is 10.0 Å². The van der Waals surface area contributed by atoms with E-state index in [0.29, 0.717) is 24.6 Å². The minimum atomic E-state index is -3.88. The Labute approximate surface area is 150 Å². The Morgan fingerprint density at radius 1 is 1.31 bits per heavy atom. The first kappa shape index (κ1) is 17.3. The molecule has 0 unspecified atom stereocenters. The highest BCUT2D eigenvalue weighted by Crippen LogP contribution is 2.40. The molecule has 2 aliphatic rings. The lowest BCUT2D eigenvalue weighted by atomic mass is 10.0. The maximum atomic E-state index is 13.1. The number of hydrogen-bond donors (Lipinski definition) is 1. The summed E-state index contributed by atoms with van der Waals surface area (Å²) in [5, 5.41) is 14.6. The number of aliphatic hydroxyl groups is 1. The molecular weight excluding hydrogens is 362 g/mol. The summed E-state index contributed by atoms with van der Waals surface area (Å²) >= 11 is 0. The summed E-state index contributed by atoms with van der Waals surface area (Å²) in [6, 6.07) is 4.74. The molecule has 140 valence electrons. The van der Waals surface area contributed by atoms with Crippen molar-refractivity contribution in [3.63, 3.8) is 0 Å². The number of hydrogen-bond acceptors (Lipinski definition) is 8. The molecule has 26 heavy (non-hydrogen) atoms. The van der Waals surface area contributed by atoms with Crippen LogP contribution in [0.25, 0.3) is 0 Å². The van der Waals surface area contributed by atoms with E-state index in [2.05, 4.69) is 10.1 Å². The Morgan fingerprint density at radius 3 is 2.88 bits per heavy atom. The standard InChI is InChI=1S/C16H19N3O6S/c1-2-13-17-15(25-18-13)16(20)6-7-19(10-16)26(21,22)12-5-3-4-11-14(12)24-9-8-23-11/h3-5,20H,2,6-10H2,1H3/t16-/m0/s1. The minimum absolute atomic E-state index is 0.0266. The molecular formula is C16H19N3O6S. The number of fused-ring (bicyclic) bond motifs is 1. The van der Waals surface area contributed by atoms with Crippen LogP contribution in [0.5, 0.6) is 11.5 Å². The van der Waals surface area contributed by atoms with Crippen molar-refractivity contribution in [3.05, 3.63) is 29.9 Å². The number of aromatic nitrogens is 2. The maximum absolute atomic E-state index is 13.1. The van der Waals surface area contributed by atoms with Crippen LogP contribution in [-0.2, 0) is 22.0 Å². The van der Waals surface area contributed by atoms with Gasteiger partial charge >= 0.3 is 0 Å². The van der Waals surface area contributed by atoms with Crippen LogP contribution in [0, 0.1) is 0 Å². The van der Waals surface area contributed by atoms with Gasteiger partial charge in [0.15, 0.2) is 22.9 Å². The Balaban J connectivity index is 1.64. The topological polar surface area (TPSA) is 115 Å². The molecule has 1 atom stereocenters. The fourth-order valence-corrected chi connectivity index (χ4v) is 4.75. The van der Waals surface area contributed by atoms with Gasteiger partial charge in [0.05, 0.1) is 6.54 Å². The van der Waals surface area contributed by atoms with E-state index < -0.39 is 15.6 Å². The summed E-state index contributed by atoms with van der Waals surface area (Å²) < 4.78 is 43.5. The first-order chi connectivity index (χ1) is 12.4. The molecule has 0 spiro atoms. The van der Waals surface area contributed by atoms with E-state index in [-0.39, 0.29) is 42.7 Å². The molecule has 1 N–H and O–H groups in total. The largest absolute Gasteiger partial charge is 0.486 e. The van der Waals surface area contributed by atoms with Crippen molar-refractivity contribution in [1.82, 2.24) is 14.4 Å². The molecule has 1 fully saturated rings. The molecule has 4 rings (SSSR count). The molecule has 0 bridgehead atoms. The second-order valence-electron chi connectivity index (χ2n) is 6.27. The average molecular weight is 381 g/mol. The van der Waals surface area contributed by atoms with Gasteiger partial charge in [-0.25, -0.2) is 8.42 Å². The van der Waals surface area contributed by atoms with Crippen LogP contribution < -0.4 is 9.47 Å². The normalized spacial score (nSPS) is 23.3. The van der Waals surface area contributed by atoms with Crippen molar-refractivity contribution in [2.24, 2.45) is 0 Å². The predicted molar refractivity (Wildman–Crippen MR) is 88.4 cm³/mol. The van der Waals surface area contributed by atoms with Gasteiger partial charge in [0.2, 0.25) is 10.0 Å². The van der Waals surface area contributed by atoms with Crippen LogP contribution in [-0.4, -0.2) is 54.3 Å².